The van der Waals surface area contributed by atoms with Crippen molar-refractivity contribution in [1.29, 1.82) is 5.26 Å². The molecule has 1 aliphatic carbocycles. The van der Waals surface area contributed by atoms with Crippen molar-refractivity contribution in [1.82, 2.24) is 0 Å². The van der Waals surface area contributed by atoms with Crippen molar-refractivity contribution in [2.75, 3.05) is 12.4 Å². The number of rotatable bonds is 5. The van der Waals surface area contributed by atoms with Crippen LogP contribution in [0.1, 0.15) is 25.7 Å². The molecule has 0 aromatic heterocycles. The second-order valence-electron chi connectivity index (χ2n) is 6.29. The molecule has 1 N–H and O–H groups in total. The minimum Gasteiger partial charge on any atom is -0.497 e. The summed E-state index contributed by atoms with van der Waals surface area (Å²) in [7, 11) is 1.45. The van der Waals surface area contributed by atoms with Gasteiger partial charge in [-0.05, 0) is 31.4 Å². The lowest BCUT2D eigenvalue weighted by Crippen LogP contribution is -2.37. The maximum Gasteiger partial charge on any atom is 0.391 e. The second-order valence-corrected chi connectivity index (χ2v) is 6.29. The first-order chi connectivity index (χ1) is 12.3. The molecule has 0 saturated heterocycles. The summed E-state index contributed by atoms with van der Waals surface area (Å²) in [5.74, 6) is -5.26. The Balaban J connectivity index is 2.07. The van der Waals surface area contributed by atoms with Gasteiger partial charge in [-0.25, -0.2) is 0 Å². The molecule has 1 amide bonds. The minimum atomic E-state index is -4.37. The highest BCUT2D eigenvalue weighted by Gasteiger charge is 2.45. The molecule has 1 fully saturated rings. The second kappa shape index (κ2) is 8.21. The third kappa shape index (κ3) is 4.75. The van der Waals surface area contributed by atoms with E-state index in [1.165, 1.54) is 13.2 Å². The van der Waals surface area contributed by atoms with E-state index in [9.17, 15) is 28.0 Å². The number of methoxy groups -OCH3 is 1. The Labute approximate surface area is 149 Å². The fourth-order valence-corrected chi connectivity index (χ4v) is 3.15. The number of alkyl halides is 3. The van der Waals surface area contributed by atoms with E-state index in [1.807, 2.05) is 0 Å². The molecular weight excluding hydrogens is 349 g/mol. The molecule has 5 nitrogen and oxygen atoms in total. The molecule has 1 aliphatic rings. The first-order valence-electron chi connectivity index (χ1n) is 8.21. The van der Waals surface area contributed by atoms with Gasteiger partial charge >= 0.3 is 6.18 Å². The van der Waals surface area contributed by atoms with Crippen LogP contribution in [0.25, 0.3) is 0 Å². The average molecular weight is 368 g/mol. The van der Waals surface area contributed by atoms with E-state index < -0.39 is 35.6 Å². The Kier molecular flexibility index (Phi) is 6.24. The summed E-state index contributed by atoms with van der Waals surface area (Å²) in [6.45, 7) is 0. The summed E-state index contributed by atoms with van der Waals surface area (Å²) in [6, 6.07) is 7.97. The molecule has 1 saturated carbocycles. The van der Waals surface area contributed by atoms with Crippen LogP contribution in [-0.2, 0) is 9.59 Å². The lowest BCUT2D eigenvalue weighted by molar-refractivity contribution is -0.186. The number of hydrogen-bond acceptors (Lipinski definition) is 4. The number of carbonyl (C=O) groups excluding carboxylic acids is 2. The van der Waals surface area contributed by atoms with Crippen LogP contribution in [0.5, 0.6) is 5.75 Å². The Morgan fingerprint density at radius 2 is 2.08 bits per heavy atom. The number of nitriles is 1. The van der Waals surface area contributed by atoms with Crippen LogP contribution >= 0.6 is 0 Å². The first-order valence-corrected chi connectivity index (χ1v) is 8.21. The number of nitrogens with one attached hydrogen (secondary N) is 1. The third-order valence-electron chi connectivity index (χ3n) is 4.55. The number of benzene rings is 1. The van der Waals surface area contributed by atoms with E-state index in [-0.39, 0.29) is 25.7 Å². The Morgan fingerprint density at radius 3 is 2.69 bits per heavy atom. The minimum absolute atomic E-state index is 0.0273. The number of Topliss-reactive ketones (excluding diaryl/α,β-unsaturated/α-hetero) is 1. The molecule has 3 unspecified atom stereocenters. The molecule has 0 heterocycles. The molecule has 0 spiro atoms. The molecule has 140 valence electrons. The highest BCUT2D eigenvalue weighted by molar-refractivity contribution is 6.10. The fourth-order valence-electron chi connectivity index (χ4n) is 3.15. The van der Waals surface area contributed by atoms with Gasteiger partial charge in [-0.1, -0.05) is 12.5 Å². The van der Waals surface area contributed by atoms with Gasteiger partial charge in [0.05, 0.1) is 19.1 Å². The number of hydrogen-bond donors (Lipinski definition) is 1. The summed E-state index contributed by atoms with van der Waals surface area (Å²) in [5, 5.41) is 11.7. The maximum absolute atomic E-state index is 12.9. The van der Waals surface area contributed by atoms with E-state index in [0.29, 0.717) is 11.4 Å². The van der Waals surface area contributed by atoms with Gasteiger partial charge in [-0.3, -0.25) is 9.59 Å². The predicted octanol–water partition coefficient (Wildman–Crippen LogP) is 3.71. The number of halogens is 3. The number of nitrogens with zero attached hydrogens (tertiary/aromatic N) is 1. The molecule has 1 aromatic rings. The van der Waals surface area contributed by atoms with Crippen molar-refractivity contribution in [2.24, 2.45) is 17.8 Å². The van der Waals surface area contributed by atoms with Crippen LogP contribution in [0, 0.1) is 29.1 Å². The highest BCUT2D eigenvalue weighted by atomic mass is 19.4. The van der Waals surface area contributed by atoms with Crippen molar-refractivity contribution in [3.05, 3.63) is 24.3 Å². The van der Waals surface area contributed by atoms with Gasteiger partial charge in [0.2, 0.25) is 5.91 Å². The van der Waals surface area contributed by atoms with Gasteiger partial charge in [0.25, 0.3) is 0 Å². The summed E-state index contributed by atoms with van der Waals surface area (Å²) in [6.07, 6.45) is -4.26. The van der Waals surface area contributed by atoms with Crippen LogP contribution in [0.2, 0.25) is 0 Å². The van der Waals surface area contributed by atoms with Gasteiger partial charge in [0.15, 0.2) is 11.7 Å². The first kappa shape index (κ1) is 19.8. The zero-order valence-corrected chi connectivity index (χ0v) is 14.2. The molecule has 1 aromatic carbocycles. The van der Waals surface area contributed by atoms with Crippen LogP contribution < -0.4 is 10.1 Å². The molecule has 0 bridgehead atoms. The monoisotopic (exact) mass is 368 g/mol. The zero-order valence-electron chi connectivity index (χ0n) is 14.2. The van der Waals surface area contributed by atoms with E-state index in [2.05, 4.69) is 5.32 Å². The highest BCUT2D eigenvalue weighted by Crippen LogP contribution is 2.40. The van der Waals surface area contributed by atoms with Crippen molar-refractivity contribution >= 4 is 17.4 Å². The fraction of sp³-hybridized carbons (Fsp3) is 0.500. The lowest BCUT2D eigenvalue weighted by atomic mass is 9.76. The maximum atomic E-state index is 12.9. The Bertz CT molecular complexity index is 712. The van der Waals surface area contributed by atoms with Gasteiger partial charge in [0, 0.05) is 17.7 Å². The average Bonchev–Trinajstić information content (AvgIpc) is 2.61. The molecule has 0 aliphatic heterocycles. The molecule has 0 radical (unpaired) electrons. The molecule has 26 heavy (non-hydrogen) atoms. The lowest BCUT2D eigenvalue weighted by Gasteiger charge is -2.30. The Hall–Kier alpha value is -2.56. The van der Waals surface area contributed by atoms with Gasteiger partial charge in [0.1, 0.15) is 5.75 Å². The van der Waals surface area contributed by atoms with Crippen LogP contribution in [0.3, 0.4) is 0 Å². The van der Waals surface area contributed by atoms with Crippen LogP contribution in [-0.4, -0.2) is 25.0 Å². The summed E-state index contributed by atoms with van der Waals surface area (Å²) >= 11 is 0. The van der Waals surface area contributed by atoms with Crippen molar-refractivity contribution in [3.63, 3.8) is 0 Å². The topological polar surface area (TPSA) is 79.2 Å². The SMILES string of the molecule is COc1cccc(NC(=O)C(C#N)C(=O)C2CCCC(C(F)(F)F)C2)c1. The van der Waals surface area contributed by atoms with Crippen molar-refractivity contribution in [2.45, 2.75) is 31.9 Å². The third-order valence-corrected chi connectivity index (χ3v) is 4.55. The summed E-state index contributed by atoms with van der Waals surface area (Å²) < 4.78 is 43.8. The van der Waals surface area contributed by atoms with Crippen LogP contribution in [0.4, 0.5) is 18.9 Å². The van der Waals surface area contributed by atoms with Crippen LogP contribution in [0.15, 0.2) is 24.3 Å². The standard InChI is InChI=1S/C18H19F3N2O3/c1-26-14-7-3-6-13(9-14)23-17(25)15(10-22)16(24)11-4-2-5-12(8-11)18(19,20)21/h3,6-7,9,11-12,15H,2,4-5,8H2,1H3,(H,23,25). The van der Waals surface area contributed by atoms with E-state index >= 15 is 0 Å². The van der Waals surface area contributed by atoms with E-state index in [1.54, 1.807) is 24.3 Å². The summed E-state index contributed by atoms with van der Waals surface area (Å²) in [5.41, 5.74) is 0.333. The summed E-state index contributed by atoms with van der Waals surface area (Å²) in [4.78, 5) is 24.8. The quantitative estimate of drug-likeness (QED) is 0.804. The molecular formula is C18H19F3N2O3. The number of ether oxygens (including phenoxy) is 1. The molecule has 8 heteroatoms. The van der Waals surface area contributed by atoms with Gasteiger partial charge < -0.3 is 10.1 Å². The van der Waals surface area contributed by atoms with E-state index in [0.717, 1.165) is 0 Å². The van der Waals surface area contributed by atoms with Crippen molar-refractivity contribution < 1.29 is 27.5 Å². The van der Waals surface area contributed by atoms with Crippen molar-refractivity contribution in [3.8, 4) is 11.8 Å². The molecule has 3 atom stereocenters. The number of carbonyl (C=O) groups is 2. The Morgan fingerprint density at radius 1 is 1.35 bits per heavy atom. The van der Waals surface area contributed by atoms with Gasteiger partial charge in [-0.15, -0.1) is 0 Å². The zero-order chi connectivity index (χ0) is 19.3. The number of amides is 1. The largest absolute Gasteiger partial charge is 0.497 e. The van der Waals surface area contributed by atoms with E-state index in [4.69, 9.17) is 4.74 Å². The number of anilines is 1. The normalized spacial score (nSPS) is 21.3. The predicted molar refractivity (Wildman–Crippen MR) is 87.2 cm³/mol. The van der Waals surface area contributed by atoms with Gasteiger partial charge in [-0.2, -0.15) is 18.4 Å². The number of ketones is 1. The smallest absolute Gasteiger partial charge is 0.391 e. The molecule has 2 rings (SSSR count).